The van der Waals surface area contributed by atoms with Crippen LogP contribution in [0.1, 0.15) is 15.9 Å². The van der Waals surface area contributed by atoms with Gasteiger partial charge in [0.05, 0.1) is 5.56 Å². The fourth-order valence-electron chi connectivity index (χ4n) is 1.87. The van der Waals surface area contributed by atoms with Crippen LogP contribution in [0, 0.1) is 5.82 Å². The number of benzene rings is 2. The van der Waals surface area contributed by atoms with Crippen LogP contribution in [0.25, 0.3) is 0 Å². The number of esters is 1. The van der Waals surface area contributed by atoms with Crippen LogP contribution in [0.15, 0.2) is 48.5 Å². The molecule has 0 spiro atoms. The quantitative estimate of drug-likeness (QED) is 0.778. The number of amides is 1. The molecule has 0 heterocycles. The second kappa shape index (κ2) is 8.72. The molecule has 0 aliphatic carbocycles. The maximum absolute atomic E-state index is 12.8. The van der Waals surface area contributed by atoms with Gasteiger partial charge in [0.2, 0.25) is 0 Å². The summed E-state index contributed by atoms with van der Waals surface area (Å²) < 4.78 is 46.0. The number of carbonyl (C=O) groups is 2. The van der Waals surface area contributed by atoms with E-state index in [1.165, 1.54) is 42.5 Å². The van der Waals surface area contributed by atoms with Crippen LogP contribution in [0.5, 0.6) is 5.75 Å². The third-order valence-electron chi connectivity index (χ3n) is 3.03. The van der Waals surface area contributed by atoms with Crippen LogP contribution in [0.3, 0.4) is 0 Å². The van der Waals surface area contributed by atoms with E-state index < -0.39 is 25.1 Å². The van der Waals surface area contributed by atoms with E-state index in [1.807, 2.05) is 0 Å². The highest BCUT2D eigenvalue weighted by Gasteiger charge is 2.12. The highest BCUT2D eigenvalue weighted by Crippen LogP contribution is 2.16. The standard InChI is InChI=1S/C17H14F3NO4/c18-13-6-4-11(5-7-13)9-21-15(22)10-24-16(23)12-2-1-3-14(8-12)25-17(19)20/h1-8,17H,9-10H2,(H,21,22). The predicted octanol–water partition coefficient (Wildman–Crippen LogP) is 2.90. The van der Waals surface area contributed by atoms with E-state index in [1.54, 1.807) is 0 Å². The van der Waals surface area contributed by atoms with Gasteiger partial charge in [-0.05, 0) is 35.9 Å². The average Bonchev–Trinajstić information content (AvgIpc) is 2.59. The third kappa shape index (κ3) is 6.17. The smallest absolute Gasteiger partial charge is 0.387 e. The normalized spacial score (nSPS) is 10.4. The van der Waals surface area contributed by atoms with Gasteiger partial charge in [-0.15, -0.1) is 0 Å². The van der Waals surface area contributed by atoms with E-state index >= 15 is 0 Å². The molecule has 8 heteroatoms. The second-order valence-corrected chi connectivity index (χ2v) is 4.89. The molecule has 2 aromatic carbocycles. The first-order valence-corrected chi connectivity index (χ1v) is 7.17. The maximum atomic E-state index is 12.8. The van der Waals surface area contributed by atoms with Gasteiger partial charge >= 0.3 is 12.6 Å². The number of nitrogens with one attached hydrogen (secondary N) is 1. The molecule has 5 nitrogen and oxygen atoms in total. The zero-order valence-corrected chi connectivity index (χ0v) is 12.9. The Bertz CT molecular complexity index is 735. The molecule has 0 atom stereocenters. The summed E-state index contributed by atoms with van der Waals surface area (Å²) in [5, 5.41) is 2.50. The van der Waals surface area contributed by atoms with Gasteiger partial charge in [0, 0.05) is 6.54 Å². The van der Waals surface area contributed by atoms with Crippen LogP contribution in [0.2, 0.25) is 0 Å². The van der Waals surface area contributed by atoms with Crippen LogP contribution in [0.4, 0.5) is 13.2 Å². The average molecular weight is 353 g/mol. The molecule has 0 saturated carbocycles. The van der Waals surface area contributed by atoms with Crippen molar-refractivity contribution in [3.63, 3.8) is 0 Å². The van der Waals surface area contributed by atoms with Crippen molar-refractivity contribution in [3.8, 4) is 5.75 Å². The van der Waals surface area contributed by atoms with Crippen LogP contribution >= 0.6 is 0 Å². The van der Waals surface area contributed by atoms with Crippen LogP contribution in [-0.2, 0) is 16.1 Å². The van der Waals surface area contributed by atoms with Crippen LogP contribution in [-0.4, -0.2) is 25.1 Å². The first kappa shape index (κ1) is 18.3. The zero-order chi connectivity index (χ0) is 18.2. The molecule has 0 radical (unpaired) electrons. The fraction of sp³-hybridized carbons (Fsp3) is 0.176. The Kier molecular flexibility index (Phi) is 6.39. The zero-order valence-electron chi connectivity index (χ0n) is 12.9. The molecule has 1 N–H and O–H groups in total. The molecule has 0 aromatic heterocycles. The topological polar surface area (TPSA) is 64.6 Å². The molecule has 25 heavy (non-hydrogen) atoms. The van der Waals surface area contributed by atoms with Gasteiger partial charge in [-0.2, -0.15) is 8.78 Å². The van der Waals surface area contributed by atoms with Gasteiger partial charge < -0.3 is 14.8 Å². The number of rotatable bonds is 7. The molecule has 0 aliphatic heterocycles. The summed E-state index contributed by atoms with van der Waals surface area (Å²) in [5.74, 6) is -1.98. The Hall–Kier alpha value is -3.03. The Morgan fingerprint density at radius 1 is 1.08 bits per heavy atom. The summed E-state index contributed by atoms with van der Waals surface area (Å²) in [7, 11) is 0. The van der Waals surface area contributed by atoms with E-state index in [-0.39, 0.29) is 23.7 Å². The first-order valence-electron chi connectivity index (χ1n) is 7.17. The Morgan fingerprint density at radius 3 is 2.48 bits per heavy atom. The predicted molar refractivity (Wildman–Crippen MR) is 81.6 cm³/mol. The summed E-state index contributed by atoms with van der Waals surface area (Å²) in [5.41, 5.74) is 0.655. The van der Waals surface area contributed by atoms with Gasteiger partial charge in [0.1, 0.15) is 11.6 Å². The van der Waals surface area contributed by atoms with Crippen LogP contribution < -0.4 is 10.1 Å². The molecule has 1 amide bonds. The molecule has 2 aromatic rings. The van der Waals surface area contributed by atoms with E-state index in [0.29, 0.717) is 5.56 Å². The summed E-state index contributed by atoms with van der Waals surface area (Å²) >= 11 is 0. The van der Waals surface area contributed by atoms with Gasteiger partial charge in [0.15, 0.2) is 6.61 Å². The largest absolute Gasteiger partial charge is 0.452 e. The number of ether oxygens (including phenoxy) is 2. The third-order valence-corrected chi connectivity index (χ3v) is 3.03. The summed E-state index contributed by atoms with van der Waals surface area (Å²) in [6.45, 7) is -3.41. The lowest BCUT2D eigenvalue weighted by Crippen LogP contribution is -2.28. The van der Waals surface area contributed by atoms with E-state index in [9.17, 15) is 22.8 Å². The van der Waals surface area contributed by atoms with Crippen molar-refractivity contribution < 1.29 is 32.2 Å². The van der Waals surface area contributed by atoms with Gasteiger partial charge in [-0.1, -0.05) is 18.2 Å². The van der Waals surface area contributed by atoms with Crippen molar-refractivity contribution in [2.75, 3.05) is 6.61 Å². The lowest BCUT2D eigenvalue weighted by Gasteiger charge is -2.08. The maximum Gasteiger partial charge on any atom is 0.387 e. The van der Waals surface area contributed by atoms with E-state index in [2.05, 4.69) is 10.1 Å². The van der Waals surface area contributed by atoms with Gasteiger partial charge in [-0.3, -0.25) is 4.79 Å². The minimum Gasteiger partial charge on any atom is -0.452 e. The molecule has 0 bridgehead atoms. The Balaban J connectivity index is 1.80. The summed E-state index contributed by atoms with van der Waals surface area (Å²) in [4.78, 5) is 23.5. The van der Waals surface area contributed by atoms with Crippen molar-refractivity contribution in [1.82, 2.24) is 5.32 Å². The second-order valence-electron chi connectivity index (χ2n) is 4.89. The molecular formula is C17H14F3NO4. The SMILES string of the molecule is O=C(COC(=O)c1cccc(OC(F)F)c1)NCc1ccc(F)cc1. The molecular weight excluding hydrogens is 339 g/mol. The number of hydrogen-bond acceptors (Lipinski definition) is 4. The van der Waals surface area contributed by atoms with E-state index in [4.69, 9.17) is 4.74 Å². The highest BCUT2D eigenvalue weighted by molar-refractivity contribution is 5.91. The Labute approximate surface area is 141 Å². The number of halogens is 3. The lowest BCUT2D eigenvalue weighted by atomic mass is 10.2. The molecule has 2 rings (SSSR count). The Morgan fingerprint density at radius 2 is 1.80 bits per heavy atom. The molecule has 0 saturated heterocycles. The summed E-state index contributed by atoms with van der Waals surface area (Å²) in [6.07, 6.45) is 0. The molecule has 0 fully saturated rings. The molecule has 0 unspecified atom stereocenters. The van der Waals surface area contributed by atoms with Gasteiger partial charge in [0.25, 0.3) is 5.91 Å². The van der Waals surface area contributed by atoms with Crippen molar-refractivity contribution in [3.05, 3.63) is 65.5 Å². The van der Waals surface area contributed by atoms with Crippen molar-refractivity contribution in [1.29, 1.82) is 0 Å². The minimum atomic E-state index is -3.01. The lowest BCUT2D eigenvalue weighted by molar-refractivity contribution is -0.124. The van der Waals surface area contributed by atoms with E-state index in [0.717, 1.165) is 6.07 Å². The number of hydrogen-bond donors (Lipinski definition) is 1. The summed E-state index contributed by atoms with van der Waals surface area (Å²) in [6, 6.07) is 10.6. The number of alkyl halides is 2. The number of carbonyl (C=O) groups excluding carboxylic acids is 2. The van der Waals surface area contributed by atoms with Crippen molar-refractivity contribution in [2.45, 2.75) is 13.2 Å². The monoisotopic (exact) mass is 353 g/mol. The fourth-order valence-corrected chi connectivity index (χ4v) is 1.87. The van der Waals surface area contributed by atoms with Crippen molar-refractivity contribution >= 4 is 11.9 Å². The minimum absolute atomic E-state index is 0.0236. The molecule has 0 aliphatic rings. The van der Waals surface area contributed by atoms with Crippen molar-refractivity contribution in [2.24, 2.45) is 0 Å². The first-order chi connectivity index (χ1) is 11.9. The van der Waals surface area contributed by atoms with Gasteiger partial charge in [-0.25, -0.2) is 9.18 Å². The highest BCUT2D eigenvalue weighted by atomic mass is 19.3. The molecule has 132 valence electrons.